The molecule has 0 amide bonds. The second-order valence-electron chi connectivity index (χ2n) is 11.3. The lowest BCUT2D eigenvalue weighted by Gasteiger charge is -2.18. The van der Waals surface area contributed by atoms with Crippen LogP contribution in [0, 0.1) is 17.0 Å². The number of aliphatic imine (C=N–C) groups is 1. The standard InChI is InChI=1S/C39H35F2NO6/c1-26-17-20-42-33(30-5-4-6-35(46-3)36(24-31(26)30)47-22-21-45-2)25-48-34-14-9-28(23-32(34)41)11-16-38(44)39(18-19-39)37(43)15-10-27-7-12-29(40)13-8-27/h4,7-17,20,23-24H,1,5,18-19,21-22,25H2,2-3H3/b15-10+,16-11+,36-24+. The lowest BCUT2D eigenvalue weighted by Crippen LogP contribution is -2.22. The largest absolute Gasteiger partial charge is 0.487 e. The predicted molar refractivity (Wildman–Crippen MR) is 180 cm³/mol. The number of ether oxygens (including phenoxy) is 4. The van der Waals surface area contributed by atoms with Crippen LogP contribution in [0.1, 0.15) is 30.4 Å². The zero-order chi connectivity index (χ0) is 34.1. The fourth-order valence-corrected chi connectivity index (χ4v) is 5.14. The van der Waals surface area contributed by atoms with E-state index in [4.69, 9.17) is 18.9 Å². The molecule has 3 aliphatic rings. The van der Waals surface area contributed by atoms with E-state index in [9.17, 15) is 14.0 Å². The molecule has 0 bridgehead atoms. The van der Waals surface area contributed by atoms with Crippen molar-refractivity contribution >= 4 is 29.4 Å². The molecule has 1 aliphatic heterocycles. The van der Waals surface area contributed by atoms with Gasteiger partial charge in [-0.1, -0.05) is 42.7 Å². The first-order valence-electron chi connectivity index (χ1n) is 15.4. The van der Waals surface area contributed by atoms with E-state index in [2.05, 4.69) is 17.3 Å². The normalized spacial score (nSPS) is 17.9. The quantitative estimate of drug-likeness (QED) is 0.0914. The van der Waals surface area contributed by atoms with E-state index in [1.165, 1.54) is 42.5 Å². The van der Waals surface area contributed by atoms with E-state index in [-0.39, 0.29) is 29.7 Å². The number of carbonyl (C=O) groups is 2. The van der Waals surface area contributed by atoms with Gasteiger partial charge >= 0.3 is 0 Å². The number of benzene rings is 2. The van der Waals surface area contributed by atoms with Gasteiger partial charge in [0.25, 0.3) is 0 Å². The van der Waals surface area contributed by atoms with Gasteiger partial charge in [0.15, 0.2) is 28.9 Å². The van der Waals surface area contributed by atoms with Gasteiger partial charge < -0.3 is 18.9 Å². The Kier molecular flexibility index (Phi) is 11.0. The number of ketones is 2. The van der Waals surface area contributed by atoms with E-state index < -0.39 is 11.2 Å². The van der Waals surface area contributed by atoms with E-state index in [1.54, 1.807) is 56.8 Å². The molecule has 48 heavy (non-hydrogen) atoms. The molecule has 0 aromatic heterocycles. The van der Waals surface area contributed by atoms with Gasteiger partial charge in [-0.15, -0.1) is 0 Å². The summed E-state index contributed by atoms with van der Waals surface area (Å²) < 4.78 is 50.7. The average Bonchev–Trinajstić information content (AvgIpc) is 3.90. The lowest BCUT2D eigenvalue weighted by molar-refractivity contribution is -0.129. The van der Waals surface area contributed by atoms with Gasteiger partial charge in [-0.05, 0) is 95.3 Å². The summed E-state index contributed by atoms with van der Waals surface area (Å²) in [4.78, 5) is 30.4. The van der Waals surface area contributed by atoms with Gasteiger partial charge in [0.1, 0.15) is 19.0 Å². The Morgan fingerprint density at radius 1 is 0.979 bits per heavy atom. The molecule has 246 valence electrons. The monoisotopic (exact) mass is 651 g/mol. The van der Waals surface area contributed by atoms with E-state index in [0.717, 1.165) is 11.1 Å². The summed E-state index contributed by atoms with van der Waals surface area (Å²) in [6, 6.07) is 10.1. The maximum absolute atomic E-state index is 15.2. The SMILES string of the molecule is C=C1C=CN=C(COc2ccc(/C=C/C(=O)C3(C(=O)/C=C/c4ccc(F)cc4)CC3)cc2F)C2=C1/C=C(/OCCOC)C(OC)=C=CC2. The molecular formula is C39H35F2NO6. The molecule has 5 rings (SSSR count). The van der Waals surface area contributed by atoms with Crippen LogP contribution in [0.4, 0.5) is 8.78 Å². The number of hydrogen-bond acceptors (Lipinski definition) is 7. The Morgan fingerprint density at radius 3 is 2.35 bits per heavy atom. The summed E-state index contributed by atoms with van der Waals surface area (Å²) in [6.45, 7) is 4.85. The van der Waals surface area contributed by atoms with Crippen molar-refractivity contribution in [1.29, 1.82) is 0 Å². The second-order valence-corrected chi connectivity index (χ2v) is 11.3. The number of rotatable bonds is 14. The molecule has 0 saturated heterocycles. The van der Waals surface area contributed by atoms with Crippen LogP contribution in [0.15, 0.2) is 125 Å². The van der Waals surface area contributed by atoms with E-state index >= 15 is 4.39 Å². The Bertz CT molecular complexity index is 1850. The molecule has 2 aromatic rings. The summed E-state index contributed by atoms with van der Waals surface area (Å²) in [5.74, 6) is -0.741. The number of hydrogen-bond donors (Lipinski definition) is 0. The van der Waals surface area contributed by atoms with Crippen molar-refractivity contribution in [1.82, 2.24) is 0 Å². The smallest absolute Gasteiger partial charge is 0.204 e. The third kappa shape index (κ3) is 8.12. The second kappa shape index (κ2) is 15.5. The van der Waals surface area contributed by atoms with Gasteiger partial charge in [-0.3, -0.25) is 14.6 Å². The fraction of sp³-hybridized carbons (Fsp3) is 0.231. The molecule has 0 N–H and O–H groups in total. The number of nitrogens with zero attached hydrogens (tertiary/aromatic N) is 1. The molecule has 1 heterocycles. The summed E-state index contributed by atoms with van der Waals surface area (Å²) in [5, 5.41) is 0. The van der Waals surface area contributed by atoms with Crippen LogP contribution in [0.5, 0.6) is 5.75 Å². The third-order valence-corrected chi connectivity index (χ3v) is 8.05. The van der Waals surface area contributed by atoms with E-state index in [0.29, 0.717) is 66.4 Å². The fourth-order valence-electron chi connectivity index (χ4n) is 5.14. The average molecular weight is 652 g/mol. The van der Waals surface area contributed by atoms with Crippen molar-refractivity contribution in [2.24, 2.45) is 10.4 Å². The zero-order valence-corrected chi connectivity index (χ0v) is 26.8. The lowest BCUT2D eigenvalue weighted by atomic mass is 9.93. The molecule has 0 unspecified atom stereocenters. The zero-order valence-electron chi connectivity index (χ0n) is 26.8. The minimum absolute atomic E-state index is 0.0113. The maximum atomic E-state index is 15.2. The van der Waals surface area contributed by atoms with Crippen molar-refractivity contribution in [3.63, 3.8) is 0 Å². The van der Waals surface area contributed by atoms with Gasteiger partial charge in [0.05, 0.1) is 24.8 Å². The predicted octanol–water partition coefficient (Wildman–Crippen LogP) is 7.45. The van der Waals surface area contributed by atoms with Gasteiger partial charge in [0.2, 0.25) is 5.76 Å². The molecule has 0 spiro atoms. The molecule has 2 aromatic carbocycles. The molecule has 0 atom stereocenters. The number of allylic oxidation sites excluding steroid dienone is 6. The topological polar surface area (TPSA) is 83.4 Å². The van der Waals surface area contributed by atoms with Crippen LogP contribution in [0.25, 0.3) is 12.2 Å². The molecular weight excluding hydrogens is 616 g/mol. The maximum Gasteiger partial charge on any atom is 0.204 e. The first-order chi connectivity index (χ1) is 23.2. The van der Waals surface area contributed by atoms with Crippen LogP contribution < -0.4 is 4.74 Å². The van der Waals surface area contributed by atoms with Crippen molar-refractivity contribution < 1.29 is 37.3 Å². The van der Waals surface area contributed by atoms with Crippen LogP contribution in [0.2, 0.25) is 0 Å². The number of methoxy groups -OCH3 is 2. The highest BCUT2D eigenvalue weighted by Gasteiger charge is 2.53. The minimum Gasteiger partial charge on any atom is -0.487 e. The van der Waals surface area contributed by atoms with Crippen LogP contribution in [-0.2, 0) is 23.8 Å². The molecule has 2 aliphatic carbocycles. The van der Waals surface area contributed by atoms with Crippen molar-refractivity contribution in [2.75, 3.05) is 34.0 Å². The summed E-state index contributed by atoms with van der Waals surface area (Å²) >= 11 is 0. The summed E-state index contributed by atoms with van der Waals surface area (Å²) in [7, 11) is 3.13. The Labute approximate surface area is 278 Å². The highest BCUT2D eigenvalue weighted by molar-refractivity contribution is 6.19. The molecule has 0 radical (unpaired) electrons. The summed E-state index contributed by atoms with van der Waals surface area (Å²) in [5.41, 5.74) is 5.96. The molecule has 1 fully saturated rings. The van der Waals surface area contributed by atoms with Crippen LogP contribution in [-0.4, -0.2) is 51.3 Å². The highest BCUT2D eigenvalue weighted by atomic mass is 19.1. The van der Waals surface area contributed by atoms with Crippen molar-refractivity contribution in [3.8, 4) is 5.75 Å². The highest BCUT2D eigenvalue weighted by Crippen LogP contribution is 2.48. The van der Waals surface area contributed by atoms with Gasteiger partial charge in [0, 0.05) is 19.7 Å². The number of halogens is 2. The van der Waals surface area contributed by atoms with Crippen molar-refractivity contribution in [2.45, 2.75) is 19.3 Å². The van der Waals surface area contributed by atoms with E-state index in [1.807, 2.05) is 6.08 Å². The first kappa shape index (κ1) is 34.0. The molecule has 1 saturated carbocycles. The third-order valence-electron chi connectivity index (χ3n) is 8.05. The van der Waals surface area contributed by atoms with Crippen LogP contribution >= 0.6 is 0 Å². The minimum atomic E-state index is -1.11. The first-order valence-corrected chi connectivity index (χ1v) is 15.4. The molecule has 9 heteroatoms. The Hall–Kier alpha value is -5.37. The van der Waals surface area contributed by atoms with Crippen LogP contribution in [0.3, 0.4) is 0 Å². The van der Waals surface area contributed by atoms with Crippen molar-refractivity contribution in [3.05, 3.63) is 142 Å². The Morgan fingerprint density at radius 2 is 1.69 bits per heavy atom. The summed E-state index contributed by atoms with van der Waals surface area (Å²) in [6.07, 6.45) is 14.0. The number of carbonyl (C=O) groups excluding carboxylic acids is 2. The van der Waals surface area contributed by atoms with Gasteiger partial charge in [-0.25, -0.2) is 8.78 Å². The molecule has 7 nitrogen and oxygen atoms in total. The Balaban J connectivity index is 1.26. The van der Waals surface area contributed by atoms with Gasteiger partial charge in [-0.2, -0.15) is 0 Å².